The largest absolute Gasteiger partial charge is 0.379 e. The molecular weight excluding hydrogens is 427 g/mol. The number of hydrogen-bond acceptors (Lipinski definition) is 3. The van der Waals surface area contributed by atoms with E-state index in [4.69, 9.17) is 4.74 Å². The van der Waals surface area contributed by atoms with Crippen molar-refractivity contribution in [2.75, 3.05) is 53.0 Å². The van der Waals surface area contributed by atoms with E-state index >= 15 is 0 Å². The minimum absolute atomic E-state index is 0. The van der Waals surface area contributed by atoms with Crippen LogP contribution >= 0.6 is 24.0 Å². The van der Waals surface area contributed by atoms with Crippen LogP contribution in [-0.4, -0.2) is 63.8 Å². The molecule has 1 aliphatic heterocycles. The molecule has 0 saturated carbocycles. The first kappa shape index (κ1) is 22.2. The van der Waals surface area contributed by atoms with Crippen molar-refractivity contribution in [1.82, 2.24) is 15.5 Å². The average molecular weight is 460 g/mol. The number of halogens is 1. The summed E-state index contributed by atoms with van der Waals surface area (Å²) in [5.74, 6) is 0.864. The van der Waals surface area contributed by atoms with Crippen molar-refractivity contribution in [3.8, 4) is 0 Å². The molecule has 1 fully saturated rings. The van der Waals surface area contributed by atoms with E-state index in [0.717, 1.165) is 51.9 Å². The standard InChI is InChI=1S/C19H32N4O.HI/c1-16-5-7-17(8-6-16)19(2,3)15-22-18(20-4)21-9-10-23-11-13-24-14-12-23;/h5-8H,9-15H2,1-4H3,(H2,20,21,22);1H. The van der Waals surface area contributed by atoms with Crippen molar-refractivity contribution in [1.29, 1.82) is 0 Å². The third kappa shape index (κ3) is 7.50. The number of nitrogens with zero attached hydrogens (tertiary/aromatic N) is 2. The summed E-state index contributed by atoms with van der Waals surface area (Å²) in [6.45, 7) is 13.1. The van der Waals surface area contributed by atoms with E-state index in [1.807, 2.05) is 7.05 Å². The highest BCUT2D eigenvalue weighted by molar-refractivity contribution is 14.0. The molecule has 5 nitrogen and oxygen atoms in total. The van der Waals surface area contributed by atoms with Crippen LogP contribution in [0.15, 0.2) is 29.3 Å². The first-order chi connectivity index (χ1) is 11.5. The maximum atomic E-state index is 5.38. The quantitative estimate of drug-likeness (QED) is 0.389. The Morgan fingerprint density at radius 3 is 2.40 bits per heavy atom. The molecule has 0 radical (unpaired) electrons. The number of aliphatic imine (C=N–C) groups is 1. The summed E-state index contributed by atoms with van der Waals surface area (Å²) in [5, 5.41) is 6.86. The fourth-order valence-electron chi connectivity index (χ4n) is 2.79. The highest BCUT2D eigenvalue weighted by Crippen LogP contribution is 2.22. The van der Waals surface area contributed by atoms with Crippen LogP contribution in [0.3, 0.4) is 0 Å². The molecule has 1 heterocycles. The molecule has 0 spiro atoms. The zero-order valence-corrected chi connectivity index (χ0v) is 18.3. The second-order valence-electron chi connectivity index (χ2n) is 7.06. The fraction of sp³-hybridized carbons (Fsp3) is 0.632. The molecule has 0 amide bonds. The summed E-state index contributed by atoms with van der Waals surface area (Å²) in [5.41, 5.74) is 2.68. The van der Waals surface area contributed by atoms with Crippen LogP contribution in [0.2, 0.25) is 0 Å². The number of nitrogens with one attached hydrogen (secondary N) is 2. The summed E-state index contributed by atoms with van der Waals surface area (Å²) in [4.78, 5) is 6.75. The minimum atomic E-state index is 0. The van der Waals surface area contributed by atoms with Crippen molar-refractivity contribution >= 4 is 29.9 Å². The number of morpholine rings is 1. The molecule has 1 saturated heterocycles. The minimum Gasteiger partial charge on any atom is -0.379 e. The van der Waals surface area contributed by atoms with Crippen LogP contribution in [0.1, 0.15) is 25.0 Å². The lowest BCUT2D eigenvalue weighted by Gasteiger charge is -2.28. The number of benzene rings is 1. The Labute approximate surface area is 169 Å². The molecule has 0 bridgehead atoms. The number of ether oxygens (including phenoxy) is 1. The van der Waals surface area contributed by atoms with Gasteiger partial charge in [0.15, 0.2) is 5.96 Å². The second kappa shape index (κ2) is 11.0. The molecule has 2 N–H and O–H groups in total. The van der Waals surface area contributed by atoms with E-state index in [0.29, 0.717) is 0 Å². The molecule has 6 heteroatoms. The first-order valence-corrected chi connectivity index (χ1v) is 8.83. The van der Waals surface area contributed by atoms with E-state index in [-0.39, 0.29) is 29.4 Å². The third-order valence-electron chi connectivity index (χ3n) is 4.58. The second-order valence-corrected chi connectivity index (χ2v) is 7.06. The molecule has 1 aromatic rings. The molecule has 142 valence electrons. The number of guanidine groups is 1. The Hall–Kier alpha value is -0.860. The van der Waals surface area contributed by atoms with E-state index in [1.165, 1.54) is 11.1 Å². The Morgan fingerprint density at radius 1 is 1.16 bits per heavy atom. The molecular formula is C19H33IN4O. The van der Waals surface area contributed by atoms with Gasteiger partial charge in [0.1, 0.15) is 0 Å². The average Bonchev–Trinajstić information content (AvgIpc) is 2.59. The van der Waals surface area contributed by atoms with Gasteiger partial charge in [-0.05, 0) is 12.5 Å². The smallest absolute Gasteiger partial charge is 0.191 e. The van der Waals surface area contributed by atoms with Gasteiger partial charge >= 0.3 is 0 Å². The maximum absolute atomic E-state index is 5.38. The number of aryl methyl sites for hydroxylation is 1. The van der Waals surface area contributed by atoms with E-state index < -0.39 is 0 Å². The zero-order chi connectivity index (χ0) is 17.4. The van der Waals surface area contributed by atoms with Crippen LogP contribution in [-0.2, 0) is 10.2 Å². The molecule has 0 aliphatic carbocycles. The van der Waals surface area contributed by atoms with Gasteiger partial charge in [-0.1, -0.05) is 43.7 Å². The van der Waals surface area contributed by atoms with Gasteiger partial charge in [-0.2, -0.15) is 0 Å². The van der Waals surface area contributed by atoms with Crippen LogP contribution in [0.5, 0.6) is 0 Å². The molecule has 0 aromatic heterocycles. The Kier molecular flexibility index (Phi) is 9.74. The van der Waals surface area contributed by atoms with Gasteiger partial charge in [0.05, 0.1) is 13.2 Å². The molecule has 1 aliphatic rings. The first-order valence-electron chi connectivity index (χ1n) is 8.83. The van der Waals surface area contributed by atoms with Gasteiger partial charge in [-0.3, -0.25) is 9.89 Å². The Morgan fingerprint density at radius 2 is 1.80 bits per heavy atom. The normalized spacial score (nSPS) is 16.2. The van der Waals surface area contributed by atoms with Crippen LogP contribution in [0.25, 0.3) is 0 Å². The van der Waals surface area contributed by atoms with Crippen LogP contribution in [0.4, 0.5) is 0 Å². The lowest BCUT2D eigenvalue weighted by atomic mass is 9.84. The van der Waals surface area contributed by atoms with Crippen LogP contribution < -0.4 is 10.6 Å². The fourth-order valence-corrected chi connectivity index (χ4v) is 2.79. The summed E-state index contributed by atoms with van der Waals surface area (Å²) in [7, 11) is 1.82. The predicted molar refractivity (Wildman–Crippen MR) is 116 cm³/mol. The number of rotatable bonds is 6. The van der Waals surface area contributed by atoms with Gasteiger partial charge in [0.25, 0.3) is 0 Å². The maximum Gasteiger partial charge on any atom is 0.191 e. The van der Waals surface area contributed by atoms with E-state index in [1.54, 1.807) is 0 Å². The molecule has 1 aromatic carbocycles. The van der Waals surface area contributed by atoms with Gasteiger partial charge < -0.3 is 15.4 Å². The highest BCUT2D eigenvalue weighted by atomic mass is 127. The number of hydrogen-bond donors (Lipinski definition) is 2. The third-order valence-corrected chi connectivity index (χ3v) is 4.58. The summed E-state index contributed by atoms with van der Waals surface area (Å²) >= 11 is 0. The topological polar surface area (TPSA) is 48.9 Å². The Balaban J connectivity index is 0.00000312. The molecule has 2 rings (SSSR count). The molecule has 25 heavy (non-hydrogen) atoms. The predicted octanol–water partition coefficient (Wildman–Crippen LogP) is 2.39. The Bertz CT molecular complexity index is 525. The van der Waals surface area contributed by atoms with Crippen molar-refractivity contribution < 1.29 is 4.74 Å². The highest BCUT2D eigenvalue weighted by Gasteiger charge is 2.20. The van der Waals surface area contributed by atoms with E-state index in [9.17, 15) is 0 Å². The van der Waals surface area contributed by atoms with Gasteiger partial charge in [-0.25, -0.2) is 0 Å². The molecule has 0 unspecified atom stereocenters. The molecule has 0 atom stereocenters. The van der Waals surface area contributed by atoms with Crippen LogP contribution in [0, 0.1) is 6.92 Å². The van der Waals surface area contributed by atoms with Gasteiger partial charge in [-0.15, -0.1) is 24.0 Å². The SMILES string of the molecule is CN=C(NCCN1CCOCC1)NCC(C)(C)c1ccc(C)cc1.I. The summed E-state index contributed by atoms with van der Waals surface area (Å²) < 4.78 is 5.38. The van der Waals surface area contributed by atoms with Crippen molar-refractivity contribution in [2.45, 2.75) is 26.2 Å². The van der Waals surface area contributed by atoms with Crippen molar-refractivity contribution in [3.63, 3.8) is 0 Å². The van der Waals surface area contributed by atoms with Crippen molar-refractivity contribution in [2.24, 2.45) is 4.99 Å². The lowest BCUT2D eigenvalue weighted by molar-refractivity contribution is 0.0389. The zero-order valence-electron chi connectivity index (χ0n) is 16.0. The lowest BCUT2D eigenvalue weighted by Crippen LogP contribution is -2.46. The monoisotopic (exact) mass is 460 g/mol. The van der Waals surface area contributed by atoms with Crippen molar-refractivity contribution in [3.05, 3.63) is 35.4 Å². The van der Waals surface area contributed by atoms with Gasteiger partial charge in [0.2, 0.25) is 0 Å². The summed E-state index contributed by atoms with van der Waals surface area (Å²) in [6, 6.07) is 8.77. The summed E-state index contributed by atoms with van der Waals surface area (Å²) in [6.07, 6.45) is 0. The van der Waals surface area contributed by atoms with E-state index in [2.05, 4.69) is 65.6 Å². The van der Waals surface area contributed by atoms with Gasteiger partial charge in [0, 0.05) is 45.2 Å².